The molecular weight excluding hydrogens is 342 g/mol. The van der Waals surface area contributed by atoms with Crippen molar-refractivity contribution in [3.63, 3.8) is 0 Å². The number of carbonyl (C=O) groups is 2. The summed E-state index contributed by atoms with van der Waals surface area (Å²) in [5.74, 6) is -0.445. The molecule has 0 bridgehead atoms. The van der Waals surface area contributed by atoms with Crippen molar-refractivity contribution >= 4 is 39.7 Å². The molecule has 8 nitrogen and oxygen atoms in total. The fourth-order valence-electron chi connectivity index (χ4n) is 2.50. The van der Waals surface area contributed by atoms with Crippen LogP contribution in [0.5, 0.6) is 0 Å². The number of nitrogens with one attached hydrogen (secondary N) is 2. The lowest BCUT2D eigenvalue weighted by Crippen LogP contribution is -2.31. The van der Waals surface area contributed by atoms with Crippen molar-refractivity contribution in [1.82, 2.24) is 15.3 Å². The van der Waals surface area contributed by atoms with Gasteiger partial charge in [0.1, 0.15) is 6.54 Å². The Hall–Kier alpha value is -2.94. The van der Waals surface area contributed by atoms with Gasteiger partial charge in [0.15, 0.2) is 5.13 Å². The summed E-state index contributed by atoms with van der Waals surface area (Å²) in [7, 11) is 0. The third-order valence-electron chi connectivity index (χ3n) is 3.66. The molecular formula is C16H17N5O3S. The zero-order valence-corrected chi connectivity index (χ0v) is 14.1. The molecule has 25 heavy (non-hydrogen) atoms. The molecule has 2 amide bonds. The van der Waals surface area contributed by atoms with Crippen LogP contribution in [0.2, 0.25) is 0 Å². The lowest BCUT2D eigenvalue weighted by atomic mass is 10.1. The molecule has 0 aliphatic carbocycles. The van der Waals surface area contributed by atoms with Crippen molar-refractivity contribution in [2.24, 2.45) is 0 Å². The van der Waals surface area contributed by atoms with Gasteiger partial charge in [-0.3, -0.25) is 9.78 Å². The Bertz CT molecular complexity index is 790. The Morgan fingerprint density at radius 2 is 2.12 bits per heavy atom. The van der Waals surface area contributed by atoms with E-state index in [9.17, 15) is 9.59 Å². The molecule has 1 aliphatic heterocycles. The van der Waals surface area contributed by atoms with E-state index in [1.54, 1.807) is 12.4 Å². The Morgan fingerprint density at radius 1 is 1.32 bits per heavy atom. The van der Waals surface area contributed by atoms with E-state index in [1.807, 2.05) is 22.8 Å². The molecule has 0 unspecified atom stereocenters. The number of thiazole rings is 1. The van der Waals surface area contributed by atoms with Gasteiger partial charge in [-0.15, -0.1) is 11.3 Å². The Kier molecular flexibility index (Phi) is 5.24. The van der Waals surface area contributed by atoms with Gasteiger partial charge >= 0.3 is 6.09 Å². The molecule has 0 aromatic carbocycles. The van der Waals surface area contributed by atoms with Crippen molar-refractivity contribution < 1.29 is 14.7 Å². The maximum atomic E-state index is 11.6. The fraction of sp³-hybridized carbons (Fsp3) is 0.250. The quantitative estimate of drug-likeness (QED) is 0.754. The van der Waals surface area contributed by atoms with Crippen molar-refractivity contribution in [2.75, 3.05) is 29.9 Å². The normalized spacial score (nSPS) is 13.9. The molecule has 0 radical (unpaired) electrons. The highest BCUT2D eigenvalue weighted by Gasteiger charge is 2.17. The molecule has 3 N–H and O–H groups in total. The van der Waals surface area contributed by atoms with Crippen LogP contribution in [0, 0.1) is 0 Å². The van der Waals surface area contributed by atoms with Crippen LogP contribution in [0.4, 0.5) is 15.6 Å². The Morgan fingerprint density at radius 3 is 2.88 bits per heavy atom. The van der Waals surface area contributed by atoms with Gasteiger partial charge in [-0.1, -0.05) is 6.08 Å². The predicted octanol–water partition coefficient (Wildman–Crippen LogP) is 2.04. The first-order chi connectivity index (χ1) is 12.1. The number of carbonyl (C=O) groups excluding carboxylic acids is 1. The molecule has 2 aromatic heterocycles. The van der Waals surface area contributed by atoms with E-state index in [0.29, 0.717) is 5.13 Å². The van der Waals surface area contributed by atoms with E-state index in [2.05, 4.69) is 26.3 Å². The van der Waals surface area contributed by atoms with Crippen molar-refractivity contribution in [2.45, 2.75) is 6.42 Å². The molecule has 1 aliphatic rings. The van der Waals surface area contributed by atoms with E-state index >= 15 is 0 Å². The van der Waals surface area contributed by atoms with Crippen LogP contribution in [-0.4, -0.2) is 46.7 Å². The summed E-state index contributed by atoms with van der Waals surface area (Å²) >= 11 is 1.32. The van der Waals surface area contributed by atoms with Gasteiger partial charge in [-0.25, -0.2) is 9.78 Å². The van der Waals surface area contributed by atoms with Gasteiger partial charge in [-0.05, 0) is 24.1 Å². The van der Waals surface area contributed by atoms with Gasteiger partial charge in [0.2, 0.25) is 5.91 Å². The van der Waals surface area contributed by atoms with E-state index < -0.39 is 12.0 Å². The average Bonchev–Trinajstić information content (AvgIpc) is 3.09. The predicted molar refractivity (Wildman–Crippen MR) is 95.8 cm³/mol. The minimum absolute atomic E-state index is 0.303. The highest BCUT2D eigenvalue weighted by molar-refractivity contribution is 7.14. The lowest BCUT2D eigenvalue weighted by Gasteiger charge is -2.28. The summed E-state index contributed by atoms with van der Waals surface area (Å²) < 4.78 is 0. The van der Waals surface area contributed by atoms with Crippen LogP contribution < -0.4 is 15.5 Å². The van der Waals surface area contributed by atoms with Crippen molar-refractivity contribution in [3.05, 3.63) is 41.7 Å². The largest absolute Gasteiger partial charge is 0.465 e. The number of rotatable bonds is 5. The molecule has 9 heteroatoms. The van der Waals surface area contributed by atoms with E-state index in [4.69, 9.17) is 5.11 Å². The first kappa shape index (κ1) is 16.9. The fourth-order valence-corrected chi connectivity index (χ4v) is 3.25. The van der Waals surface area contributed by atoms with Crippen molar-refractivity contribution in [1.29, 1.82) is 0 Å². The van der Waals surface area contributed by atoms with Gasteiger partial charge in [-0.2, -0.15) is 0 Å². The van der Waals surface area contributed by atoms with E-state index in [1.165, 1.54) is 11.3 Å². The molecule has 0 saturated carbocycles. The minimum Gasteiger partial charge on any atom is -0.465 e. The second-order valence-electron chi connectivity index (χ2n) is 5.39. The second-order valence-corrected chi connectivity index (χ2v) is 6.25. The topological polar surface area (TPSA) is 107 Å². The van der Waals surface area contributed by atoms with Crippen LogP contribution >= 0.6 is 11.3 Å². The van der Waals surface area contributed by atoms with Crippen LogP contribution in [0.1, 0.15) is 12.1 Å². The number of carboxylic acid groups (broad SMARTS) is 1. The SMILES string of the molecule is O=C(O)NCC(=O)Nc1nc(C2=CCCN(c3ccncc3)C2)cs1. The zero-order valence-electron chi connectivity index (χ0n) is 13.3. The van der Waals surface area contributed by atoms with Crippen LogP contribution in [-0.2, 0) is 4.79 Å². The van der Waals surface area contributed by atoms with Crippen molar-refractivity contribution in [3.8, 4) is 0 Å². The number of pyridine rings is 1. The third-order valence-corrected chi connectivity index (χ3v) is 4.42. The maximum Gasteiger partial charge on any atom is 0.405 e. The number of anilines is 2. The first-order valence-corrected chi connectivity index (χ1v) is 8.56. The second kappa shape index (κ2) is 7.75. The molecule has 0 saturated heterocycles. The molecule has 2 aromatic rings. The number of hydrogen-bond donors (Lipinski definition) is 3. The standard InChI is InChI=1S/C16H17N5O3S/c22-14(8-18-16(23)24)20-15-19-13(10-25-15)11-2-1-7-21(9-11)12-3-5-17-6-4-12/h2-6,10,18H,1,7-9H2,(H,23,24)(H,19,20,22). The van der Waals surface area contributed by atoms with Gasteiger partial charge in [0.05, 0.1) is 5.69 Å². The average molecular weight is 359 g/mol. The van der Waals surface area contributed by atoms with E-state index in [0.717, 1.165) is 36.5 Å². The number of aromatic nitrogens is 2. The molecule has 130 valence electrons. The number of hydrogen-bond acceptors (Lipinski definition) is 6. The summed E-state index contributed by atoms with van der Waals surface area (Å²) in [6.07, 6.45) is 5.38. The van der Waals surface area contributed by atoms with Gasteiger partial charge in [0.25, 0.3) is 0 Å². The molecule has 3 rings (SSSR count). The molecule has 3 heterocycles. The minimum atomic E-state index is -1.24. The smallest absolute Gasteiger partial charge is 0.405 e. The number of amides is 2. The highest BCUT2D eigenvalue weighted by atomic mass is 32.1. The molecule has 0 fully saturated rings. The zero-order chi connectivity index (χ0) is 17.6. The first-order valence-electron chi connectivity index (χ1n) is 7.68. The Balaban J connectivity index is 1.63. The summed E-state index contributed by atoms with van der Waals surface area (Å²) in [6.45, 7) is 1.37. The summed E-state index contributed by atoms with van der Waals surface area (Å²) in [4.78, 5) is 32.8. The monoisotopic (exact) mass is 359 g/mol. The summed E-state index contributed by atoms with van der Waals surface area (Å²) in [5.41, 5.74) is 3.04. The van der Waals surface area contributed by atoms with Crippen LogP contribution in [0.25, 0.3) is 5.57 Å². The lowest BCUT2D eigenvalue weighted by molar-refractivity contribution is -0.115. The highest BCUT2D eigenvalue weighted by Crippen LogP contribution is 2.27. The molecule has 0 spiro atoms. The summed E-state index contributed by atoms with van der Waals surface area (Å²) in [5, 5.41) is 15.5. The van der Waals surface area contributed by atoms with Gasteiger partial charge < -0.3 is 20.6 Å². The Labute approximate surface area is 148 Å². The third kappa shape index (κ3) is 4.54. The van der Waals surface area contributed by atoms with E-state index in [-0.39, 0.29) is 6.54 Å². The summed E-state index contributed by atoms with van der Waals surface area (Å²) in [6, 6.07) is 3.95. The van der Waals surface area contributed by atoms with Gasteiger partial charge in [0, 0.05) is 36.6 Å². The maximum absolute atomic E-state index is 11.6. The van der Waals surface area contributed by atoms with Crippen LogP contribution in [0.3, 0.4) is 0 Å². The number of nitrogens with zero attached hydrogens (tertiary/aromatic N) is 3. The van der Waals surface area contributed by atoms with Crippen LogP contribution in [0.15, 0.2) is 36.0 Å². The molecule has 0 atom stereocenters.